The number of nitrogens with two attached hydrogens (primary N) is 2. The Hall–Kier alpha value is -1.79. The Morgan fingerprint density at radius 3 is 2.19 bits per heavy atom. The number of hydrogen-bond acceptors (Lipinski definition) is 5. The predicted octanol–water partition coefficient (Wildman–Crippen LogP) is -0.371. The molecule has 0 aromatic heterocycles. The molecule has 6 nitrogen and oxygen atoms in total. The van der Waals surface area contributed by atoms with E-state index in [1.165, 1.54) is 18.2 Å². The number of rotatable bonds is 3. The average Bonchev–Trinajstić information content (AvgIpc) is 2.25. The van der Waals surface area contributed by atoms with Crippen molar-refractivity contribution in [2.75, 3.05) is 13.1 Å². The van der Waals surface area contributed by atoms with Crippen LogP contribution in [0, 0.1) is 0 Å². The Bertz CT molecular complexity index is 340. The highest BCUT2D eigenvalue weighted by Crippen LogP contribution is 2.28. The molecule has 0 spiro atoms. The number of aliphatic carboxylic acids is 1. The van der Waals surface area contributed by atoms with Crippen molar-refractivity contribution in [2.24, 2.45) is 11.5 Å². The standard InChI is InChI=1S/C8H8O4.C2H8N2/c9-6-3-1-2-5(8(6)12)4-7(10)11;3-1-2-4/h1-3,9,12H,4H2,(H,10,11);1-4H2. The number of para-hydroxylation sites is 1. The van der Waals surface area contributed by atoms with Gasteiger partial charge in [0.2, 0.25) is 0 Å². The summed E-state index contributed by atoms with van der Waals surface area (Å²) in [7, 11) is 0. The molecule has 0 amide bonds. The van der Waals surface area contributed by atoms with Gasteiger partial charge < -0.3 is 26.8 Å². The van der Waals surface area contributed by atoms with Gasteiger partial charge in [0.1, 0.15) is 0 Å². The molecule has 16 heavy (non-hydrogen) atoms. The molecule has 6 heteroatoms. The molecule has 0 saturated carbocycles. The highest BCUT2D eigenvalue weighted by Gasteiger charge is 2.08. The maximum atomic E-state index is 10.2. The van der Waals surface area contributed by atoms with Gasteiger partial charge in [-0.2, -0.15) is 0 Å². The van der Waals surface area contributed by atoms with E-state index in [1.54, 1.807) is 0 Å². The molecule has 1 aromatic rings. The molecule has 0 aliphatic carbocycles. The summed E-state index contributed by atoms with van der Waals surface area (Å²) in [5, 5.41) is 26.5. The fraction of sp³-hybridized carbons (Fsp3) is 0.300. The van der Waals surface area contributed by atoms with Crippen LogP contribution < -0.4 is 11.5 Å². The van der Waals surface area contributed by atoms with Gasteiger partial charge in [-0.15, -0.1) is 0 Å². The number of carboxylic acids is 1. The predicted molar refractivity (Wildman–Crippen MR) is 59.2 cm³/mol. The number of aromatic hydroxyl groups is 2. The van der Waals surface area contributed by atoms with Crippen molar-refractivity contribution in [1.82, 2.24) is 0 Å². The highest BCUT2D eigenvalue weighted by molar-refractivity contribution is 5.71. The zero-order valence-electron chi connectivity index (χ0n) is 8.76. The highest BCUT2D eigenvalue weighted by atomic mass is 16.4. The Morgan fingerprint density at radius 2 is 1.75 bits per heavy atom. The zero-order chi connectivity index (χ0) is 12.6. The van der Waals surface area contributed by atoms with Crippen LogP contribution in [0.2, 0.25) is 0 Å². The third-order valence-corrected chi connectivity index (χ3v) is 1.61. The molecule has 90 valence electrons. The van der Waals surface area contributed by atoms with Gasteiger partial charge >= 0.3 is 5.97 Å². The second kappa shape index (κ2) is 7.49. The number of carboxylic acid groups (broad SMARTS) is 1. The number of carbonyl (C=O) groups is 1. The van der Waals surface area contributed by atoms with E-state index >= 15 is 0 Å². The topological polar surface area (TPSA) is 130 Å². The van der Waals surface area contributed by atoms with Gasteiger partial charge in [0.25, 0.3) is 0 Å². The lowest BCUT2D eigenvalue weighted by molar-refractivity contribution is -0.136. The van der Waals surface area contributed by atoms with Gasteiger partial charge in [0, 0.05) is 18.7 Å². The Kier molecular flexibility index (Phi) is 6.66. The summed E-state index contributed by atoms with van der Waals surface area (Å²) in [4.78, 5) is 10.2. The second-order valence-corrected chi connectivity index (χ2v) is 2.93. The molecule has 0 unspecified atom stereocenters. The van der Waals surface area contributed by atoms with Crippen LogP contribution in [-0.4, -0.2) is 34.4 Å². The molecule has 0 heterocycles. The van der Waals surface area contributed by atoms with Crippen molar-refractivity contribution in [1.29, 1.82) is 0 Å². The normalized spacial score (nSPS) is 9.12. The van der Waals surface area contributed by atoms with Crippen molar-refractivity contribution in [2.45, 2.75) is 6.42 Å². The zero-order valence-corrected chi connectivity index (χ0v) is 8.76. The Labute approximate surface area is 93.1 Å². The van der Waals surface area contributed by atoms with Crippen LogP contribution in [0.5, 0.6) is 11.5 Å². The van der Waals surface area contributed by atoms with Crippen LogP contribution in [0.3, 0.4) is 0 Å². The molecule has 0 radical (unpaired) electrons. The first-order valence-corrected chi connectivity index (χ1v) is 4.64. The van der Waals surface area contributed by atoms with Gasteiger partial charge in [-0.05, 0) is 6.07 Å². The second-order valence-electron chi connectivity index (χ2n) is 2.93. The van der Waals surface area contributed by atoms with E-state index in [2.05, 4.69) is 0 Å². The molecular weight excluding hydrogens is 212 g/mol. The van der Waals surface area contributed by atoms with E-state index in [9.17, 15) is 4.79 Å². The summed E-state index contributed by atoms with van der Waals surface area (Å²) in [5.74, 6) is -1.70. The van der Waals surface area contributed by atoms with Crippen LogP contribution in [0.4, 0.5) is 0 Å². The average molecular weight is 228 g/mol. The molecule has 1 aromatic carbocycles. The molecule has 0 aliphatic heterocycles. The Morgan fingerprint density at radius 1 is 1.19 bits per heavy atom. The monoisotopic (exact) mass is 228 g/mol. The number of phenolic OH excluding ortho intramolecular Hbond substituents is 2. The third-order valence-electron chi connectivity index (χ3n) is 1.61. The molecule has 0 bridgehead atoms. The summed E-state index contributed by atoms with van der Waals surface area (Å²) >= 11 is 0. The van der Waals surface area contributed by atoms with Crippen molar-refractivity contribution in [3.63, 3.8) is 0 Å². The van der Waals surface area contributed by atoms with Crippen molar-refractivity contribution >= 4 is 5.97 Å². The molecule has 0 aliphatic rings. The van der Waals surface area contributed by atoms with E-state index in [0.717, 1.165) is 0 Å². The van der Waals surface area contributed by atoms with Crippen LogP contribution in [0.25, 0.3) is 0 Å². The minimum Gasteiger partial charge on any atom is -0.504 e. The lowest BCUT2D eigenvalue weighted by atomic mass is 10.1. The van der Waals surface area contributed by atoms with Gasteiger partial charge in [0.05, 0.1) is 6.42 Å². The van der Waals surface area contributed by atoms with Crippen LogP contribution in [-0.2, 0) is 11.2 Å². The van der Waals surface area contributed by atoms with Crippen LogP contribution in [0.15, 0.2) is 18.2 Å². The third kappa shape index (κ3) is 5.18. The molecule has 0 saturated heterocycles. The summed E-state index contributed by atoms with van der Waals surface area (Å²) in [6, 6.07) is 4.22. The fourth-order valence-electron chi connectivity index (χ4n) is 0.883. The van der Waals surface area contributed by atoms with Crippen molar-refractivity contribution in [3.8, 4) is 11.5 Å². The van der Waals surface area contributed by atoms with Crippen LogP contribution in [0.1, 0.15) is 5.56 Å². The lowest BCUT2D eigenvalue weighted by Gasteiger charge is -2.02. The van der Waals surface area contributed by atoms with Gasteiger partial charge in [-0.1, -0.05) is 12.1 Å². The van der Waals surface area contributed by atoms with Crippen molar-refractivity contribution < 1.29 is 20.1 Å². The summed E-state index contributed by atoms with van der Waals surface area (Å²) in [6.45, 7) is 1.19. The summed E-state index contributed by atoms with van der Waals surface area (Å²) < 4.78 is 0. The first-order valence-electron chi connectivity index (χ1n) is 4.64. The summed E-state index contributed by atoms with van der Waals surface area (Å²) in [6.07, 6.45) is -0.291. The van der Waals surface area contributed by atoms with Gasteiger partial charge in [0.15, 0.2) is 11.5 Å². The number of phenols is 2. The van der Waals surface area contributed by atoms with E-state index < -0.39 is 5.97 Å². The number of hydrogen-bond donors (Lipinski definition) is 5. The van der Waals surface area contributed by atoms with Gasteiger partial charge in [-0.3, -0.25) is 4.79 Å². The molecule has 1 rings (SSSR count). The van der Waals surface area contributed by atoms with Crippen molar-refractivity contribution in [3.05, 3.63) is 23.8 Å². The van der Waals surface area contributed by atoms with E-state index in [0.29, 0.717) is 13.1 Å². The Balaban J connectivity index is 0.000000487. The molecular formula is C10H16N2O4. The van der Waals surface area contributed by atoms with Gasteiger partial charge in [-0.25, -0.2) is 0 Å². The fourth-order valence-corrected chi connectivity index (χ4v) is 0.883. The SMILES string of the molecule is NCCN.O=C(O)Cc1cccc(O)c1O. The maximum Gasteiger partial charge on any atom is 0.307 e. The van der Waals surface area contributed by atoms with E-state index in [1.807, 2.05) is 0 Å². The minimum absolute atomic E-state index is 0.211. The van der Waals surface area contributed by atoms with E-state index in [-0.39, 0.29) is 23.5 Å². The van der Waals surface area contributed by atoms with E-state index in [4.69, 9.17) is 26.8 Å². The lowest BCUT2D eigenvalue weighted by Crippen LogP contribution is -2.11. The molecule has 0 atom stereocenters. The minimum atomic E-state index is -1.05. The first kappa shape index (κ1) is 14.2. The number of benzene rings is 1. The largest absolute Gasteiger partial charge is 0.504 e. The quantitative estimate of drug-likeness (QED) is 0.449. The first-order chi connectivity index (χ1) is 7.52. The van der Waals surface area contributed by atoms with Crippen LogP contribution >= 0.6 is 0 Å². The molecule has 7 N–H and O–H groups in total. The summed E-state index contributed by atoms with van der Waals surface area (Å²) in [5.41, 5.74) is 10.0. The smallest absolute Gasteiger partial charge is 0.307 e. The molecule has 0 fully saturated rings. The maximum absolute atomic E-state index is 10.2.